The predicted molar refractivity (Wildman–Crippen MR) is 157 cm³/mol. The normalized spacial score (nSPS) is 15.2. The molecule has 1 aliphatic heterocycles. The van der Waals surface area contributed by atoms with Gasteiger partial charge in [-0.25, -0.2) is 9.78 Å². The summed E-state index contributed by atoms with van der Waals surface area (Å²) < 4.78 is 8.63. The highest BCUT2D eigenvalue weighted by atomic mass is 16.6. The molecule has 14 nitrogen and oxygen atoms in total. The molecule has 1 unspecified atom stereocenters. The minimum absolute atomic E-state index is 0.0252. The largest absolute Gasteiger partial charge is 0.444 e. The van der Waals surface area contributed by atoms with Crippen LogP contribution in [0.2, 0.25) is 0 Å². The van der Waals surface area contributed by atoms with Gasteiger partial charge in [-0.2, -0.15) is 15.3 Å². The Hall–Kier alpha value is -5.32. The average Bonchev–Trinajstić information content (AvgIpc) is 3.40. The lowest BCUT2D eigenvalue weighted by Gasteiger charge is -2.34. The molecule has 0 saturated carbocycles. The van der Waals surface area contributed by atoms with Crippen molar-refractivity contribution in [1.82, 2.24) is 29.2 Å². The quantitative estimate of drug-likeness (QED) is 0.244. The topological polar surface area (TPSA) is 174 Å². The average molecular weight is 586 g/mol. The third-order valence-electron chi connectivity index (χ3n) is 6.91. The lowest BCUT2D eigenvalue weighted by atomic mass is 9.98. The second kappa shape index (κ2) is 11.9. The van der Waals surface area contributed by atoms with Crippen LogP contribution < -0.4 is 10.9 Å². The number of hydrogen-bond donors (Lipinski definition) is 1. The number of likely N-dealkylation sites (tertiary alicyclic amines) is 1. The Kier molecular flexibility index (Phi) is 8.07. The van der Waals surface area contributed by atoms with Gasteiger partial charge in [-0.05, 0) is 51.2 Å². The summed E-state index contributed by atoms with van der Waals surface area (Å²) in [6.07, 6.45) is 6.49. The van der Waals surface area contributed by atoms with Crippen LogP contribution in [0.25, 0.3) is 11.0 Å². The maximum absolute atomic E-state index is 13.1. The Morgan fingerprint density at radius 1 is 1.28 bits per heavy atom. The number of anilines is 2. The number of carbonyl (C=O) groups excluding carboxylic acids is 1. The monoisotopic (exact) mass is 585 g/mol. The van der Waals surface area contributed by atoms with Gasteiger partial charge in [-0.15, -0.1) is 0 Å². The fraction of sp³-hybridized carbons (Fsp3) is 0.379. The summed E-state index contributed by atoms with van der Waals surface area (Å²) in [6, 6.07) is 9.27. The molecule has 1 atom stereocenters. The third-order valence-corrected chi connectivity index (χ3v) is 6.91. The van der Waals surface area contributed by atoms with E-state index in [0.717, 1.165) is 12.8 Å². The highest BCUT2D eigenvalue weighted by Crippen LogP contribution is 2.23. The van der Waals surface area contributed by atoms with Crippen molar-refractivity contribution in [3.63, 3.8) is 0 Å². The smallest absolute Gasteiger partial charge is 0.410 e. The summed E-state index contributed by atoms with van der Waals surface area (Å²) in [4.78, 5) is 47.0. The molecular weight excluding hydrogens is 554 g/mol. The van der Waals surface area contributed by atoms with E-state index in [9.17, 15) is 25.0 Å². The first-order valence-electron chi connectivity index (χ1n) is 13.8. The SMILES string of the molecule is CC(C)(C)OC(=O)N1CCCC(Cn2cc(Nc3ncc4cc(C#N)c(=O)n(Cc5cccc([N+](=O)[O-])c5)c4n3)cn2)C1. The van der Waals surface area contributed by atoms with Gasteiger partial charge in [0, 0.05) is 49.5 Å². The van der Waals surface area contributed by atoms with Gasteiger partial charge >= 0.3 is 6.09 Å². The van der Waals surface area contributed by atoms with Gasteiger partial charge in [0.25, 0.3) is 11.2 Å². The molecule has 1 aromatic carbocycles. The molecule has 4 heterocycles. The fourth-order valence-electron chi connectivity index (χ4n) is 5.02. The Bertz CT molecular complexity index is 1780. The van der Waals surface area contributed by atoms with Gasteiger partial charge in [0.1, 0.15) is 22.9 Å². The van der Waals surface area contributed by atoms with Crippen LogP contribution in [0.3, 0.4) is 0 Å². The van der Waals surface area contributed by atoms with Crippen LogP contribution in [0.4, 0.5) is 22.1 Å². The lowest BCUT2D eigenvalue weighted by Crippen LogP contribution is -2.43. The van der Waals surface area contributed by atoms with E-state index in [2.05, 4.69) is 20.4 Å². The Morgan fingerprint density at radius 3 is 2.84 bits per heavy atom. The van der Waals surface area contributed by atoms with Gasteiger partial charge < -0.3 is 15.0 Å². The van der Waals surface area contributed by atoms with Crippen LogP contribution in [0.1, 0.15) is 44.7 Å². The highest BCUT2D eigenvalue weighted by molar-refractivity contribution is 5.77. The van der Waals surface area contributed by atoms with Crippen molar-refractivity contribution in [2.45, 2.75) is 52.3 Å². The maximum Gasteiger partial charge on any atom is 0.410 e. The number of amides is 1. The number of nitro groups is 1. The van der Waals surface area contributed by atoms with E-state index in [-0.39, 0.29) is 41.4 Å². The summed E-state index contributed by atoms with van der Waals surface area (Å²) >= 11 is 0. The number of nitrogens with zero attached hydrogens (tertiary/aromatic N) is 8. The number of aromatic nitrogens is 5. The Balaban J connectivity index is 1.34. The molecule has 43 heavy (non-hydrogen) atoms. The molecule has 1 aliphatic rings. The van der Waals surface area contributed by atoms with E-state index in [1.165, 1.54) is 35.0 Å². The van der Waals surface area contributed by atoms with E-state index >= 15 is 0 Å². The molecular formula is C29H31N9O5. The number of nitro benzene ring substituents is 1. The van der Waals surface area contributed by atoms with Crippen molar-refractivity contribution in [2.24, 2.45) is 5.92 Å². The zero-order chi connectivity index (χ0) is 30.7. The number of carbonyl (C=O) groups is 1. The van der Waals surface area contributed by atoms with Gasteiger partial charge in [0.15, 0.2) is 0 Å². The van der Waals surface area contributed by atoms with Crippen LogP contribution in [-0.2, 0) is 17.8 Å². The molecule has 0 spiro atoms. The number of nitrogens with one attached hydrogen (secondary N) is 1. The fourth-order valence-corrected chi connectivity index (χ4v) is 5.02. The summed E-state index contributed by atoms with van der Waals surface area (Å²) in [5.74, 6) is 0.418. The summed E-state index contributed by atoms with van der Waals surface area (Å²) in [5.41, 5.74) is 0.0985. The van der Waals surface area contributed by atoms with Crippen molar-refractivity contribution >= 4 is 34.4 Å². The zero-order valence-electron chi connectivity index (χ0n) is 24.1. The maximum atomic E-state index is 13.1. The minimum atomic E-state index is -0.563. The number of piperidine rings is 1. The molecule has 0 aliphatic carbocycles. The molecule has 0 bridgehead atoms. The van der Waals surface area contributed by atoms with Crippen LogP contribution in [0, 0.1) is 27.4 Å². The summed E-state index contributed by atoms with van der Waals surface area (Å²) in [6.45, 7) is 7.39. The van der Waals surface area contributed by atoms with Crippen molar-refractivity contribution in [3.8, 4) is 6.07 Å². The number of hydrogen-bond acceptors (Lipinski definition) is 10. The number of fused-ring (bicyclic) bond motifs is 1. The van der Waals surface area contributed by atoms with Crippen LogP contribution in [-0.4, -0.2) is 58.9 Å². The second-order valence-corrected chi connectivity index (χ2v) is 11.5. The van der Waals surface area contributed by atoms with Gasteiger partial charge in [0.2, 0.25) is 5.95 Å². The Labute approximate surface area is 246 Å². The first kappa shape index (κ1) is 29.2. The van der Waals surface area contributed by atoms with Crippen molar-refractivity contribution in [2.75, 3.05) is 18.4 Å². The molecule has 4 aromatic rings. The molecule has 1 N–H and O–H groups in total. The van der Waals surface area contributed by atoms with E-state index in [0.29, 0.717) is 36.3 Å². The minimum Gasteiger partial charge on any atom is -0.444 e. The van der Waals surface area contributed by atoms with E-state index in [1.807, 2.05) is 33.0 Å². The zero-order valence-corrected chi connectivity index (χ0v) is 24.1. The first-order valence-corrected chi connectivity index (χ1v) is 13.8. The molecule has 5 rings (SSSR count). The second-order valence-electron chi connectivity index (χ2n) is 11.5. The van der Waals surface area contributed by atoms with Gasteiger partial charge in [-0.1, -0.05) is 12.1 Å². The standard InChI is InChI=1S/C29H31N9O5/c1-29(2,3)43-28(40)35-9-5-7-20(15-35)16-36-18-23(14-32-36)33-27-31-13-22-11-21(12-30)26(39)37(25(22)34-27)17-19-6-4-8-24(10-19)38(41)42/h4,6,8,10-11,13-14,18,20H,5,7,9,15-17H2,1-3H3,(H,31,33,34). The van der Waals surface area contributed by atoms with Crippen LogP contribution in [0.15, 0.2) is 53.7 Å². The molecule has 1 fully saturated rings. The molecule has 14 heteroatoms. The number of benzene rings is 1. The number of rotatable bonds is 7. The van der Waals surface area contributed by atoms with E-state index in [1.54, 1.807) is 21.8 Å². The van der Waals surface area contributed by atoms with Crippen LogP contribution in [0.5, 0.6) is 0 Å². The predicted octanol–water partition coefficient (Wildman–Crippen LogP) is 4.21. The molecule has 1 amide bonds. The van der Waals surface area contributed by atoms with E-state index < -0.39 is 16.1 Å². The van der Waals surface area contributed by atoms with Crippen LogP contribution >= 0.6 is 0 Å². The first-order chi connectivity index (χ1) is 20.5. The van der Waals surface area contributed by atoms with Crippen molar-refractivity contribution in [1.29, 1.82) is 5.26 Å². The summed E-state index contributed by atoms with van der Waals surface area (Å²) in [5, 5.41) is 28.8. The molecule has 3 aromatic heterocycles. The highest BCUT2D eigenvalue weighted by Gasteiger charge is 2.28. The van der Waals surface area contributed by atoms with Gasteiger partial charge in [-0.3, -0.25) is 24.2 Å². The third kappa shape index (κ3) is 6.95. The van der Waals surface area contributed by atoms with Crippen molar-refractivity contribution in [3.05, 3.63) is 80.5 Å². The van der Waals surface area contributed by atoms with Crippen molar-refractivity contribution < 1.29 is 14.5 Å². The number of non-ortho nitro benzene ring substituents is 1. The summed E-state index contributed by atoms with van der Waals surface area (Å²) in [7, 11) is 0. The van der Waals surface area contributed by atoms with Gasteiger partial charge in [0.05, 0.1) is 23.4 Å². The van der Waals surface area contributed by atoms with E-state index in [4.69, 9.17) is 4.74 Å². The number of ether oxygens (including phenoxy) is 1. The number of nitriles is 1. The lowest BCUT2D eigenvalue weighted by molar-refractivity contribution is -0.384. The number of pyridine rings is 1. The molecule has 0 radical (unpaired) electrons. The molecule has 222 valence electrons. The molecule has 1 saturated heterocycles. The Morgan fingerprint density at radius 2 is 2.09 bits per heavy atom.